The van der Waals surface area contributed by atoms with E-state index >= 15 is 0 Å². The number of aliphatic carboxylic acids is 1. The van der Waals surface area contributed by atoms with Crippen LogP contribution in [0.5, 0.6) is 0 Å². The molecule has 0 spiro atoms. The van der Waals surface area contributed by atoms with Crippen molar-refractivity contribution in [3.8, 4) is 0 Å². The summed E-state index contributed by atoms with van der Waals surface area (Å²) in [7, 11) is 0. The van der Waals surface area contributed by atoms with Crippen molar-refractivity contribution in [3.63, 3.8) is 0 Å². The Morgan fingerprint density at radius 1 is 0.757 bits per heavy atom. The number of nitrogens with zero attached hydrogens (tertiary/aromatic N) is 1. The highest BCUT2D eigenvalue weighted by Gasteiger charge is 2.41. The summed E-state index contributed by atoms with van der Waals surface area (Å²) in [4.78, 5) is 16.5. The summed E-state index contributed by atoms with van der Waals surface area (Å²) >= 11 is 0. The molecule has 1 heterocycles. The van der Waals surface area contributed by atoms with Crippen LogP contribution in [-0.2, 0) is 16.9 Å². The molecule has 2 fully saturated rings. The Hall–Kier alpha value is -3.02. The van der Waals surface area contributed by atoms with Crippen molar-refractivity contribution in [2.75, 3.05) is 0 Å². The first-order chi connectivity index (χ1) is 18.2. The van der Waals surface area contributed by atoms with Crippen LogP contribution in [-0.4, -0.2) is 28.1 Å². The standard InChI is InChI=1S/C20H18N2O2.C12H23N/c23-19(24)20(17-9-3-1-4-10-17,18-11-5-2-6-12-18)22-15-16-8-7-13-21-14-16;1-3-7-11(8-4-1)13-12-9-5-2-6-10-12/h1-14,22H,15H2,(H,23,24);11-13H,1-10H2. The van der Waals surface area contributed by atoms with Gasteiger partial charge < -0.3 is 10.4 Å². The summed E-state index contributed by atoms with van der Waals surface area (Å²) in [6.07, 6.45) is 18.0. The van der Waals surface area contributed by atoms with E-state index in [-0.39, 0.29) is 0 Å². The predicted octanol–water partition coefficient (Wildman–Crippen LogP) is 6.44. The van der Waals surface area contributed by atoms with Gasteiger partial charge in [0, 0.05) is 31.0 Å². The molecule has 0 bridgehead atoms. The molecule has 2 aromatic carbocycles. The SMILES string of the molecule is C1CCC(NC2CCCCC2)CC1.O=C(O)C(NCc1cccnc1)(c1ccccc1)c1ccccc1. The van der Waals surface area contributed by atoms with Gasteiger partial charge in [-0.1, -0.05) is 105 Å². The van der Waals surface area contributed by atoms with E-state index in [1.165, 1.54) is 64.2 Å². The molecule has 0 saturated heterocycles. The lowest BCUT2D eigenvalue weighted by atomic mass is 9.82. The van der Waals surface area contributed by atoms with Crippen LogP contribution in [0.25, 0.3) is 0 Å². The zero-order valence-corrected chi connectivity index (χ0v) is 21.8. The Kier molecular flexibility index (Phi) is 10.3. The molecule has 0 atom stereocenters. The molecular formula is C32H41N3O2. The van der Waals surface area contributed by atoms with E-state index in [4.69, 9.17) is 0 Å². The number of carboxylic acids is 1. The number of benzene rings is 2. The molecule has 2 saturated carbocycles. The van der Waals surface area contributed by atoms with Crippen LogP contribution < -0.4 is 10.6 Å². The quantitative estimate of drug-likeness (QED) is 0.333. The van der Waals surface area contributed by atoms with E-state index < -0.39 is 11.5 Å². The van der Waals surface area contributed by atoms with Crippen LogP contribution in [0, 0.1) is 0 Å². The zero-order chi connectivity index (χ0) is 25.8. The molecule has 5 nitrogen and oxygen atoms in total. The topological polar surface area (TPSA) is 74.2 Å². The van der Waals surface area contributed by atoms with E-state index in [9.17, 15) is 9.90 Å². The van der Waals surface area contributed by atoms with Crippen LogP contribution in [0.4, 0.5) is 0 Å². The number of hydrogen-bond donors (Lipinski definition) is 3. The third kappa shape index (κ3) is 7.50. The molecule has 2 aliphatic rings. The molecule has 0 amide bonds. The Labute approximate surface area is 221 Å². The zero-order valence-electron chi connectivity index (χ0n) is 21.8. The first kappa shape index (κ1) is 27.0. The minimum atomic E-state index is -1.32. The van der Waals surface area contributed by atoms with Gasteiger partial charge in [0.15, 0.2) is 5.54 Å². The van der Waals surface area contributed by atoms with Gasteiger partial charge >= 0.3 is 5.97 Å². The molecule has 0 aliphatic heterocycles. The van der Waals surface area contributed by atoms with Gasteiger partial charge in [0.05, 0.1) is 0 Å². The van der Waals surface area contributed by atoms with Crippen LogP contribution in [0.2, 0.25) is 0 Å². The van der Waals surface area contributed by atoms with Crippen molar-refractivity contribution in [3.05, 3.63) is 102 Å². The Morgan fingerprint density at radius 3 is 1.70 bits per heavy atom. The third-order valence-electron chi connectivity index (χ3n) is 7.70. The molecule has 196 valence electrons. The first-order valence-electron chi connectivity index (χ1n) is 13.9. The number of hydrogen-bond acceptors (Lipinski definition) is 4. The minimum Gasteiger partial charge on any atom is -0.479 e. The lowest BCUT2D eigenvalue weighted by Crippen LogP contribution is -2.49. The van der Waals surface area contributed by atoms with E-state index in [1.807, 2.05) is 72.8 Å². The highest BCUT2D eigenvalue weighted by Crippen LogP contribution is 2.30. The molecule has 3 N–H and O–H groups in total. The molecule has 0 unspecified atom stereocenters. The van der Waals surface area contributed by atoms with Crippen molar-refractivity contribution >= 4 is 5.97 Å². The molecule has 1 aromatic heterocycles. The maximum absolute atomic E-state index is 12.4. The second-order valence-electron chi connectivity index (χ2n) is 10.3. The molecule has 5 heteroatoms. The van der Waals surface area contributed by atoms with Crippen molar-refractivity contribution in [1.29, 1.82) is 0 Å². The summed E-state index contributed by atoms with van der Waals surface area (Å²) in [5, 5.41) is 17.2. The normalized spacial score (nSPS) is 17.0. The predicted molar refractivity (Wildman–Crippen MR) is 149 cm³/mol. The maximum Gasteiger partial charge on any atom is 0.333 e. The van der Waals surface area contributed by atoms with Crippen LogP contribution in [0.3, 0.4) is 0 Å². The van der Waals surface area contributed by atoms with Gasteiger partial charge in [0.1, 0.15) is 0 Å². The smallest absolute Gasteiger partial charge is 0.333 e. The lowest BCUT2D eigenvalue weighted by Gasteiger charge is -2.32. The number of nitrogens with one attached hydrogen (secondary N) is 2. The summed E-state index contributed by atoms with van der Waals surface area (Å²) in [5.74, 6) is -0.941. The monoisotopic (exact) mass is 499 g/mol. The first-order valence-corrected chi connectivity index (χ1v) is 13.9. The van der Waals surface area contributed by atoms with Gasteiger partial charge in [-0.2, -0.15) is 0 Å². The maximum atomic E-state index is 12.4. The number of carboxylic acid groups (broad SMARTS) is 1. The average Bonchev–Trinajstić information content (AvgIpc) is 2.96. The number of carbonyl (C=O) groups is 1. The summed E-state index contributed by atoms with van der Waals surface area (Å²) in [5.41, 5.74) is 0.980. The number of aromatic nitrogens is 1. The van der Waals surface area contributed by atoms with Gasteiger partial charge in [-0.05, 0) is 48.4 Å². The Morgan fingerprint density at radius 2 is 1.27 bits per heavy atom. The fourth-order valence-electron chi connectivity index (χ4n) is 5.68. The Bertz CT molecular complexity index is 992. The van der Waals surface area contributed by atoms with Crippen molar-refractivity contribution in [2.24, 2.45) is 0 Å². The fraction of sp³-hybridized carbons (Fsp3) is 0.438. The second kappa shape index (κ2) is 14.1. The van der Waals surface area contributed by atoms with Gasteiger partial charge in [0.2, 0.25) is 0 Å². The van der Waals surface area contributed by atoms with Crippen LogP contribution in [0.1, 0.15) is 80.9 Å². The van der Waals surface area contributed by atoms with E-state index in [2.05, 4.69) is 15.6 Å². The summed E-state index contributed by atoms with van der Waals surface area (Å²) in [6, 6.07) is 24.0. The lowest BCUT2D eigenvalue weighted by molar-refractivity contribution is -0.143. The highest BCUT2D eigenvalue weighted by molar-refractivity contribution is 5.85. The number of pyridine rings is 1. The van der Waals surface area contributed by atoms with Gasteiger partial charge in [0.25, 0.3) is 0 Å². The average molecular weight is 500 g/mol. The van der Waals surface area contributed by atoms with Gasteiger partial charge in [-0.25, -0.2) is 4.79 Å². The summed E-state index contributed by atoms with van der Waals surface area (Å²) < 4.78 is 0. The highest BCUT2D eigenvalue weighted by atomic mass is 16.4. The van der Waals surface area contributed by atoms with Crippen molar-refractivity contribution in [1.82, 2.24) is 15.6 Å². The largest absolute Gasteiger partial charge is 0.479 e. The fourth-order valence-corrected chi connectivity index (χ4v) is 5.68. The molecule has 0 radical (unpaired) electrons. The number of rotatable bonds is 8. The minimum absolute atomic E-state index is 0.393. The van der Waals surface area contributed by atoms with Crippen LogP contribution in [0.15, 0.2) is 85.2 Å². The summed E-state index contributed by atoms with van der Waals surface area (Å²) in [6.45, 7) is 0.393. The Balaban J connectivity index is 0.000000207. The molecule has 2 aliphatic carbocycles. The van der Waals surface area contributed by atoms with Crippen molar-refractivity contribution < 1.29 is 9.90 Å². The molecular weight excluding hydrogens is 458 g/mol. The van der Waals surface area contributed by atoms with Crippen LogP contribution >= 0.6 is 0 Å². The second-order valence-corrected chi connectivity index (χ2v) is 10.3. The van der Waals surface area contributed by atoms with E-state index in [1.54, 1.807) is 12.4 Å². The molecule has 37 heavy (non-hydrogen) atoms. The van der Waals surface area contributed by atoms with E-state index in [0.29, 0.717) is 17.7 Å². The van der Waals surface area contributed by atoms with E-state index in [0.717, 1.165) is 17.6 Å². The third-order valence-corrected chi connectivity index (χ3v) is 7.70. The van der Waals surface area contributed by atoms with Crippen molar-refractivity contribution in [2.45, 2.75) is 88.4 Å². The van der Waals surface area contributed by atoms with Gasteiger partial charge in [-0.3, -0.25) is 10.3 Å². The van der Waals surface area contributed by atoms with Gasteiger partial charge in [-0.15, -0.1) is 0 Å². The molecule has 3 aromatic rings. The molecule has 5 rings (SSSR count).